The van der Waals surface area contributed by atoms with Gasteiger partial charge in [0.1, 0.15) is 10.1 Å². The average molecular weight is 460 g/mol. The molecule has 2 rings (SSSR count). The number of benzene rings is 2. The van der Waals surface area contributed by atoms with E-state index in [4.69, 9.17) is 0 Å². The standard InChI is InChI=1S/C17H19O6PS.2K/c1-13-5-9-15(10-6-13)16-11-7-14(8-12-16)3-2-4-17(23-24(18)19)25(20,21)22;;/h5-12,17H,2-4H2,1H3,(H,20,21,22);;/q;2*+1/p-1. The van der Waals surface area contributed by atoms with Crippen molar-refractivity contribution >= 4 is 18.4 Å². The summed E-state index contributed by atoms with van der Waals surface area (Å²) in [6.45, 7) is 2.02. The zero-order valence-electron chi connectivity index (χ0n) is 15.6. The predicted molar refractivity (Wildman–Crippen MR) is 91.7 cm³/mol. The van der Waals surface area contributed by atoms with Crippen LogP contribution in [0.4, 0.5) is 0 Å². The topological polar surface area (TPSA) is 107 Å². The van der Waals surface area contributed by atoms with Crippen LogP contribution < -0.4 is 108 Å². The van der Waals surface area contributed by atoms with E-state index in [9.17, 15) is 22.4 Å². The third-order valence-electron chi connectivity index (χ3n) is 3.77. The van der Waals surface area contributed by atoms with Gasteiger partial charge in [-0.3, -0.25) is 0 Å². The minimum absolute atomic E-state index is 0. The van der Waals surface area contributed by atoms with Crippen molar-refractivity contribution in [1.29, 1.82) is 0 Å². The Morgan fingerprint density at radius 1 is 1.00 bits per heavy atom. The van der Waals surface area contributed by atoms with Crippen molar-refractivity contribution in [3.8, 4) is 11.1 Å². The van der Waals surface area contributed by atoms with Crippen LogP contribution in [-0.2, 0) is 25.6 Å². The maximum atomic E-state index is 11.0. The molecule has 0 bridgehead atoms. The Kier molecular flexibility index (Phi) is 14.7. The van der Waals surface area contributed by atoms with E-state index in [0.29, 0.717) is 12.8 Å². The summed E-state index contributed by atoms with van der Waals surface area (Å²) in [7, 11) is -8.20. The van der Waals surface area contributed by atoms with Gasteiger partial charge in [-0.25, -0.2) is 8.42 Å². The molecule has 27 heavy (non-hydrogen) atoms. The predicted octanol–water partition coefficient (Wildman–Crippen LogP) is -3.10. The zero-order chi connectivity index (χ0) is 18.4. The minimum Gasteiger partial charge on any atom is -0.746 e. The second kappa shape index (κ2) is 13.8. The normalized spacial score (nSPS) is 12.5. The Hall–Kier alpha value is 1.64. The molecule has 0 spiro atoms. The third-order valence-corrected chi connectivity index (χ3v) is 5.31. The molecule has 6 nitrogen and oxygen atoms in total. The molecule has 0 aliphatic carbocycles. The molecule has 0 N–H and O–H groups in total. The van der Waals surface area contributed by atoms with Gasteiger partial charge in [0.15, 0.2) is 0 Å². The first-order valence-electron chi connectivity index (χ1n) is 7.67. The summed E-state index contributed by atoms with van der Waals surface area (Å²) in [5.41, 5.74) is 2.45. The number of hydrogen-bond acceptors (Lipinski definition) is 6. The number of aryl methyl sites for hydroxylation is 2. The van der Waals surface area contributed by atoms with E-state index in [0.717, 1.165) is 16.7 Å². The Bertz CT molecular complexity index is 826. The Labute approximate surface area is 246 Å². The van der Waals surface area contributed by atoms with Crippen molar-refractivity contribution in [3.05, 3.63) is 59.7 Å². The van der Waals surface area contributed by atoms with Crippen LogP contribution in [0, 0.1) is 6.92 Å². The Balaban J connectivity index is 0.00000338. The van der Waals surface area contributed by atoms with E-state index < -0.39 is 23.8 Å². The van der Waals surface area contributed by atoms with E-state index in [-0.39, 0.29) is 109 Å². The SMILES string of the molecule is Cc1ccc(-c2ccc(CCCC(O[P+](=O)[O-])S(=O)(=O)[O-])cc2)cc1.[K+].[K+]. The first-order chi connectivity index (χ1) is 11.8. The van der Waals surface area contributed by atoms with E-state index in [1.807, 2.05) is 55.5 Å². The second-order valence-electron chi connectivity index (χ2n) is 5.71. The fourth-order valence-electron chi connectivity index (χ4n) is 2.43. The fraction of sp³-hybridized carbons (Fsp3) is 0.294. The van der Waals surface area contributed by atoms with E-state index >= 15 is 0 Å². The molecule has 0 aromatic heterocycles. The summed E-state index contributed by atoms with van der Waals surface area (Å²) in [5, 5.41) is 0. The molecule has 0 aliphatic rings. The van der Waals surface area contributed by atoms with E-state index in [1.54, 1.807) is 0 Å². The van der Waals surface area contributed by atoms with Gasteiger partial charge in [-0.05, 0) is 47.4 Å². The molecule has 0 aliphatic heterocycles. The maximum absolute atomic E-state index is 11.0. The Morgan fingerprint density at radius 2 is 1.48 bits per heavy atom. The van der Waals surface area contributed by atoms with Crippen LogP contribution in [0.5, 0.6) is 0 Å². The van der Waals surface area contributed by atoms with Gasteiger partial charge < -0.3 is 9.45 Å². The van der Waals surface area contributed by atoms with Crippen LogP contribution in [0.1, 0.15) is 24.0 Å². The van der Waals surface area contributed by atoms with Crippen LogP contribution >= 0.6 is 8.25 Å². The Morgan fingerprint density at radius 3 is 1.93 bits per heavy atom. The molecule has 0 fully saturated rings. The molecule has 0 heterocycles. The molecular formula is C17H18K2O6PS+. The van der Waals surface area contributed by atoms with Gasteiger partial charge in [-0.1, -0.05) is 54.1 Å². The molecule has 0 radical (unpaired) electrons. The number of hydrogen-bond donors (Lipinski definition) is 0. The molecule has 0 amide bonds. The second-order valence-corrected chi connectivity index (χ2v) is 7.88. The van der Waals surface area contributed by atoms with Crippen molar-refractivity contribution in [2.24, 2.45) is 0 Å². The molecule has 0 saturated carbocycles. The zero-order valence-corrected chi connectivity index (χ0v) is 23.6. The van der Waals surface area contributed by atoms with Crippen LogP contribution in [0.3, 0.4) is 0 Å². The quantitative estimate of drug-likeness (QED) is 0.235. The van der Waals surface area contributed by atoms with Crippen LogP contribution in [0.2, 0.25) is 0 Å². The summed E-state index contributed by atoms with van der Waals surface area (Å²) in [5.74, 6) is 0. The van der Waals surface area contributed by atoms with E-state index in [2.05, 4.69) is 4.52 Å². The van der Waals surface area contributed by atoms with Gasteiger partial charge in [0.25, 0.3) is 0 Å². The van der Waals surface area contributed by atoms with Gasteiger partial charge in [0, 0.05) is 0 Å². The molecule has 2 unspecified atom stereocenters. The largest absolute Gasteiger partial charge is 1.00 e. The monoisotopic (exact) mass is 459 g/mol. The molecule has 0 saturated heterocycles. The minimum atomic E-state index is -4.82. The summed E-state index contributed by atoms with van der Waals surface area (Å²) < 4.78 is 47.6. The van der Waals surface area contributed by atoms with E-state index in [1.165, 1.54) is 5.56 Å². The van der Waals surface area contributed by atoms with Crippen molar-refractivity contribution in [2.45, 2.75) is 31.6 Å². The van der Waals surface area contributed by atoms with Crippen LogP contribution in [0.15, 0.2) is 48.5 Å². The smallest absolute Gasteiger partial charge is 0.746 e. The van der Waals surface area contributed by atoms with Crippen molar-refractivity contribution < 1.29 is 130 Å². The van der Waals surface area contributed by atoms with Gasteiger partial charge in [0.05, 0.1) is 0 Å². The molecule has 2 atom stereocenters. The van der Waals surface area contributed by atoms with Gasteiger partial charge >= 0.3 is 111 Å². The van der Waals surface area contributed by atoms with Crippen molar-refractivity contribution in [2.75, 3.05) is 0 Å². The third kappa shape index (κ3) is 10.5. The summed E-state index contributed by atoms with van der Waals surface area (Å²) in [6.07, 6.45) is 0.660. The molecule has 134 valence electrons. The fourth-order valence-corrected chi connectivity index (χ4v) is 3.81. The molecular weight excluding hydrogens is 441 g/mol. The van der Waals surface area contributed by atoms with Crippen molar-refractivity contribution in [3.63, 3.8) is 0 Å². The summed E-state index contributed by atoms with van der Waals surface area (Å²) >= 11 is 0. The van der Waals surface area contributed by atoms with Crippen molar-refractivity contribution in [1.82, 2.24) is 0 Å². The van der Waals surface area contributed by atoms with Gasteiger partial charge in [-0.2, -0.15) is 0 Å². The van der Waals surface area contributed by atoms with Gasteiger partial charge in [-0.15, -0.1) is 4.52 Å². The molecule has 10 heteroatoms. The first kappa shape index (κ1) is 28.6. The van der Waals surface area contributed by atoms with Gasteiger partial charge in [0.2, 0.25) is 5.44 Å². The van der Waals surface area contributed by atoms with Crippen LogP contribution in [0.25, 0.3) is 11.1 Å². The summed E-state index contributed by atoms with van der Waals surface area (Å²) in [6, 6.07) is 15.9. The first-order valence-corrected chi connectivity index (χ1v) is 10.2. The number of rotatable bonds is 8. The average Bonchev–Trinajstić information content (AvgIpc) is 2.54. The van der Waals surface area contributed by atoms with Crippen LogP contribution in [-0.4, -0.2) is 18.4 Å². The summed E-state index contributed by atoms with van der Waals surface area (Å²) in [4.78, 5) is 10.5. The maximum Gasteiger partial charge on any atom is 1.00 e. The molecule has 2 aromatic rings. The molecule has 2 aromatic carbocycles.